The zero-order chi connectivity index (χ0) is 17.4. The van der Waals surface area contributed by atoms with Crippen LogP contribution in [0.5, 0.6) is 0 Å². The fraction of sp³-hybridized carbons (Fsp3) is 0.294. The lowest BCUT2D eigenvalue weighted by Crippen LogP contribution is -2.35. The first-order valence-corrected chi connectivity index (χ1v) is 9.40. The highest BCUT2D eigenvalue weighted by Crippen LogP contribution is 2.17. The molecule has 1 aromatic carbocycles. The summed E-state index contributed by atoms with van der Waals surface area (Å²) in [6, 6.07) is 9.81. The van der Waals surface area contributed by atoms with Gasteiger partial charge in [0.25, 0.3) is 5.91 Å². The molecule has 1 atom stereocenters. The normalized spacial score (nSPS) is 11.8. The average Bonchev–Trinajstić information content (AvgIpc) is 3.07. The Morgan fingerprint density at radius 3 is 2.71 bits per heavy atom. The number of carbonyl (C=O) groups is 2. The fourth-order valence-electron chi connectivity index (χ4n) is 1.85. The van der Waals surface area contributed by atoms with E-state index in [0.29, 0.717) is 0 Å². The molecular weight excluding hydrogens is 349 g/mol. The molecule has 0 spiro atoms. The van der Waals surface area contributed by atoms with Gasteiger partial charge in [0.15, 0.2) is 6.10 Å². The highest BCUT2D eigenvalue weighted by Gasteiger charge is 2.17. The molecule has 1 aromatic heterocycles. The third kappa shape index (κ3) is 6.33. The van der Waals surface area contributed by atoms with E-state index in [4.69, 9.17) is 4.74 Å². The molecule has 0 radical (unpaired) electrons. The second kappa shape index (κ2) is 9.44. The second-order valence-corrected chi connectivity index (χ2v) is 7.07. The molecule has 0 bridgehead atoms. The van der Waals surface area contributed by atoms with Gasteiger partial charge < -0.3 is 10.1 Å². The van der Waals surface area contributed by atoms with Crippen molar-refractivity contribution in [2.45, 2.75) is 25.3 Å². The number of rotatable bonds is 8. The molecule has 0 aliphatic carbocycles. The SMILES string of the molecule is C[C@H](OC(=O)CSCc1cccs1)C(=O)NCc1ccc(F)cc1. The largest absolute Gasteiger partial charge is 0.452 e. The molecule has 2 rings (SSSR count). The number of amides is 1. The van der Waals surface area contributed by atoms with Crippen LogP contribution in [-0.4, -0.2) is 23.7 Å². The first-order chi connectivity index (χ1) is 11.5. The van der Waals surface area contributed by atoms with Gasteiger partial charge in [0.2, 0.25) is 0 Å². The van der Waals surface area contributed by atoms with Crippen molar-refractivity contribution in [3.05, 3.63) is 58.0 Å². The topological polar surface area (TPSA) is 55.4 Å². The molecule has 0 fully saturated rings. The average molecular weight is 367 g/mol. The predicted molar refractivity (Wildman–Crippen MR) is 94.3 cm³/mol. The molecule has 0 aliphatic heterocycles. The van der Waals surface area contributed by atoms with Gasteiger partial charge in [-0.25, -0.2) is 4.39 Å². The zero-order valence-corrected chi connectivity index (χ0v) is 14.8. The van der Waals surface area contributed by atoms with Crippen LogP contribution >= 0.6 is 23.1 Å². The van der Waals surface area contributed by atoms with Gasteiger partial charge in [-0.1, -0.05) is 18.2 Å². The van der Waals surface area contributed by atoms with Gasteiger partial charge in [0.05, 0.1) is 5.75 Å². The molecule has 1 heterocycles. The Morgan fingerprint density at radius 1 is 1.29 bits per heavy atom. The number of hydrogen-bond acceptors (Lipinski definition) is 5. The lowest BCUT2D eigenvalue weighted by Gasteiger charge is -2.13. The van der Waals surface area contributed by atoms with Crippen molar-refractivity contribution in [2.24, 2.45) is 0 Å². The van der Waals surface area contributed by atoms with E-state index >= 15 is 0 Å². The second-order valence-electron chi connectivity index (χ2n) is 5.05. The molecule has 7 heteroatoms. The number of nitrogens with one attached hydrogen (secondary N) is 1. The van der Waals surface area contributed by atoms with Gasteiger partial charge >= 0.3 is 5.97 Å². The maximum absolute atomic E-state index is 12.8. The fourth-order valence-corrected chi connectivity index (χ4v) is 3.49. The molecule has 0 unspecified atom stereocenters. The summed E-state index contributed by atoms with van der Waals surface area (Å²) in [7, 11) is 0. The number of thiophene rings is 1. The molecule has 0 saturated carbocycles. The third-order valence-electron chi connectivity index (χ3n) is 3.10. The van der Waals surface area contributed by atoms with E-state index in [1.807, 2.05) is 17.5 Å². The van der Waals surface area contributed by atoms with Crippen molar-refractivity contribution in [1.29, 1.82) is 0 Å². The van der Waals surface area contributed by atoms with Gasteiger partial charge in [0.1, 0.15) is 5.82 Å². The van der Waals surface area contributed by atoms with Crippen LogP contribution < -0.4 is 5.32 Å². The van der Waals surface area contributed by atoms with Gasteiger partial charge in [-0.15, -0.1) is 23.1 Å². The van der Waals surface area contributed by atoms with Crippen molar-refractivity contribution < 1.29 is 18.7 Å². The Hall–Kier alpha value is -1.86. The van der Waals surface area contributed by atoms with E-state index in [9.17, 15) is 14.0 Å². The van der Waals surface area contributed by atoms with Crippen LogP contribution in [0.3, 0.4) is 0 Å². The quantitative estimate of drug-likeness (QED) is 0.727. The van der Waals surface area contributed by atoms with Crippen molar-refractivity contribution in [2.75, 3.05) is 5.75 Å². The van der Waals surface area contributed by atoms with Crippen molar-refractivity contribution in [1.82, 2.24) is 5.32 Å². The molecule has 0 saturated heterocycles. The van der Waals surface area contributed by atoms with Crippen LogP contribution in [0.4, 0.5) is 4.39 Å². The Labute approximate surface area is 148 Å². The van der Waals surface area contributed by atoms with Crippen LogP contribution in [-0.2, 0) is 26.6 Å². The molecule has 1 N–H and O–H groups in total. The summed E-state index contributed by atoms with van der Waals surface area (Å²) in [5.41, 5.74) is 0.773. The van der Waals surface area contributed by atoms with E-state index < -0.39 is 12.1 Å². The molecule has 1 amide bonds. The van der Waals surface area contributed by atoms with E-state index in [0.717, 1.165) is 11.3 Å². The maximum Gasteiger partial charge on any atom is 0.316 e. The number of halogens is 1. The number of ether oxygens (including phenoxy) is 1. The smallest absolute Gasteiger partial charge is 0.316 e. The first-order valence-electron chi connectivity index (χ1n) is 7.36. The molecule has 24 heavy (non-hydrogen) atoms. The van der Waals surface area contributed by atoms with E-state index in [2.05, 4.69) is 5.32 Å². The van der Waals surface area contributed by atoms with Gasteiger partial charge in [-0.2, -0.15) is 0 Å². The zero-order valence-electron chi connectivity index (χ0n) is 13.2. The maximum atomic E-state index is 12.8. The minimum atomic E-state index is -0.861. The minimum absolute atomic E-state index is 0.202. The van der Waals surface area contributed by atoms with Crippen molar-refractivity contribution in [3.8, 4) is 0 Å². The number of esters is 1. The van der Waals surface area contributed by atoms with Crippen LogP contribution in [0.15, 0.2) is 41.8 Å². The number of carbonyl (C=O) groups excluding carboxylic acids is 2. The molecule has 2 aromatic rings. The summed E-state index contributed by atoms with van der Waals surface area (Å²) in [6.45, 7) is 1.79. The highest BCUT2D eigenvalue weighted by molar-refractivity contribution is 7.99. The molecule has 4 nitrogen and oxygen atoms in total. The minimum Gasteiger partial charge on any atom is -0.452 e. The summed E-state index contributed by atoms with van der Waals surface area (Å²) >= 11 is 3.09. The summed E-state index contributed by atoms with van der Waals surface area (Å²) in [5.74, 6) is -0.171. The molecule has 128 valence electrons. The van der Waals surface area contributed by atoms with Gasteiger partial charge in [0, 0.05) is 17.2 Å². The highest BCUT2D eigenvalue weighted by atomic mass is 32.2. The predicted octanol–water partition coefficient (Wildman–Crippen LogP) is 3.37. The Bertz CT molecular complexity index is 659. The summed E-state index contributed by atoms with van der Waals surface area (Å²) < 4.78 is 17.9. The number of thioether (sulfide) groups is 1. The third-order valence-corrected chi connectivity index (χ3v) is 5.12. The van der Waals surface area contributed by atoms with Gasteiger partial charge in [-0.05, 0) is 36.1 Å². The molecule has 0 aliphatic rings. The summed E-state index contributed by atoms with van der Waals surface area (Å²) in [5, 5.41) is 4.65. The van der Waals surface area contributed by atoms with Crippen molar-refractivity contribution in [3.63, 3.8) is 0 Å². The standard InChI is InChI=1S/C17H18FNO3S2/c1-12(17(21)19-9-13-4-6-14(18)7-5-13)22-16(20)11-23-10-15-3-2-8-24-15/h2-8,12H,9-11H2,1H3,(H,19,21)/t12-/m0/s1. The number of hydrogen-bond donors (Lipinski definition) is 1. The lowest BCUT2D eigenvalue weighted by molar-refractivity contribution is -0.152. The van der Waals surface area contributed by atoms with Crippen LogP contribution in [0.25, 0.3) is 0 Å². The van der Waals surface area contributed by atoms with Crippen LogP contribution in [0.2, 0.25) is 0 Å². The Balaban J connectivity index is 1.66. The van der Waals surface area contributed by atoms with E-state index in [1.165, 1.54) is 35.7 Å². The monoisotopic (exact) mass is 367 g/mol. The lowest BCUT2D eigenvalue weighted by atomic mass is 10.2. The Morgan fingerprint density at radius 2 is 2.04 bits per heavy atom. The molecular formula is C17H18FNO3S2. The first kappa shape index (κ1) is 18.5. The van der Waals surface area contributed by atoms with Crippen LogP contribution in [0.1, 0.15) is 17.4 Å². The number of benzene rings is 1. The van der Waals surface area contributed by atoms with Gasteiger partial charge in [-0.3, -0.25) is 9.59 Å². The summed E-state index contributed by atoms with van der Waals surface area (Å²) in [4.78, 5) is 24.8. The summed E-state index contributed by atoms with van der Waals surface area (Å²) in [6.07, 6.45) is -0.861. The van der Waals surface area contributed by atoms with Crippen molar-refractivity contribution >= 4 is 35.0 Å². The van der Waals surface area contributed by atoms with E-state index in [-0.39, 0.29) is 24.0 Å². The van der Waals surface area contributed by atoms with E-state index in [1.54, 1.807) is 23.5 Å². The van der Waals surface area contributed by atoms with Crippen LogP contribution in [0, 0.1) is 5.82 Å². The Kier molecular flexibility index (Phi) is 7.27.